The van der Waals surface area contributed by atoms with Gasteiger partial charge < -0.3 is 14.7 Å². The summed E-state index contributed by atoms with van der Waals surface area (Å²) in [4.78, 5) is 25.8. The summed E-state index contributed by atoms with van der Waals surface area (Å²) in [5.74, 6) is -0.593. The van der Waals surface area contributed by atoms with E-state index in [1.54, 1.807) is 53.4 Å². The average Bonchev–Trinajstić information content (AvgIpc) is 3.75. The van der Waals surface area contributed by atoms with Gasteiger partial charge >= 0.3 is 12.1 Å². The Morgan fingerprint density at radius 2 is 1.55 bits per heavy atom. The molecule has 1 aliphatic carbocycles. The number of carboxylic acid groups (broad SMARTS) is 1. The molecule has 1 atom stereocenters. The smallest absolute Gasteiger partial charge is 0.416 e. The summed E-state index contributed by atoms with van der Waals surface area (Å²) < 4.78 is 53.5. The highest BCUT2D eigenvalue weighted by molar-refractivity contribution is 5.95. The summed E-state index contributed by atoms with van der Waals surface area (Å²) in [5.41, 5.74) is 1.54. The Labute approximate surface area is 221 Å². The van der Waals surface area contributed by atoms with E-state index in [1.165, 1.54) is 12.1 Å². The van der Waals surface area contributed by atoms with E-state index < -0.39 is 24.2 Å². The summed E-state index contributed by atoms with van der Waals surface area (Å²) in [5, 5.41) is 8.76. The molecule has 1 fully saturated rings. The first kappa shape index (κ1) is 25.8. The number of carbonyl (C=O) groups is 2. The van der Waals surface area contributed by atoms with Gasteiger partial charge in [-0.1, -0.05) is 42.5 Å². The van der Waals surface area contributed by atoms with Crippen molar-refractivity contribution < 1.29 is 34.0 Å². The Morgan fingerprint density at radius 1 is 0.921 bits per heavy atom. The number of halogens is 3. The van der Waals surface area contributed by atoms with E-state index in [2.05, 4.69) is 0 Å². The number of alkyl halides is 3. The molecule has 3 aromatic carbocycles. The molecule has 1 aliphatic rings. The summed E-state index contributed by atoms with van der Waals surface area (Å²) in [7, 11) is 0. The average molecular weight is 527 g/mol. The molecule has 5 nitrogen and oxygen atoms in total. The van der Waals surface area contributed by atoms with Gasteiger partial charge in [0.15, 0.2) is 0 Å². The van der Waals surface area contributed by atoms with E-state index in [4.69, 9.17) is 11.2 Å². The number of hydrogen-bond acceptors (Lipinski definition) is 3. The highest BCUT2D eigenvalue weighted by Crippen LogP contribution is 2.33. The maximum Gasteiger partial charge on any atom is 0.416 e. The Bertz CT molecular complexity index is 1270. The fraction of sp³-hybridized carbons (Fsp3) is 0.333. The number of para-hydroxylation sites is 1. The second kappa shape index (κ2) is 12.2. The minimum atomic E-state index is -4.40. The molecule has 0 saturated heterocycles. The Balaban J connectivity index is 1.45. The molecule has 8 heteroatoms. The normalized spacial score (nSPS) is 14.4. The van der Waals surface area contributed by atoms with Crippen molar-refractivity contribution in [2.45, 2.75) is 57.3 Å². The van der Waals surface area contributed by atoms with Crippen LogP contribution in [0.3, 0.4) is 0 Å². The molecule has 4 rings (SSSR count). The van der Waals surface area contributed by atoms with Crippen LogP contribution in [0.25, 0.3) is 11.1 Å². The van der Waals surface area contributed by atoms with Crippen molar-refractivity contribution in [3.63, 3.8) is 0 Å². The number of carboxylic acids is 1. The SMILES string of the molecule is [2H]C(c1ccccc1OCCCCCC(=O)O)N(C(=O)c1ccc(-c2ccc(C(F)(F)F)cc2)cc1)C1CC1. The molecule has 0 spiro atoms. The Kier molecular flexibility index (Phi) is 8.26. The van der Waals surface area contributed by atoms with Gasteiger partial charge in [0.25, 0.3) is 5.91 Å². The maximum absolute atomic E-state index is 13.5. The third-order valence-electron chi connectivity index (χ3n) is 6.34. The van der Waals surface area contributed by atoms with E-state index >= 15 is 0 Å². The lowest BCUT2D eigenvalue weighted by Crippen LogP contribution is -2.32. The van der Waals surface area contributed by atoms with Crippen molar-refractivity contribution in [2.75, 3.05) is 6.61 Å². The standard InChI is InChI=1S/C30H30F3NO4/c31-30(32,33)25-15-13-22(14-16-25)21-9-11-23(12-10-21)29(37)34(26-17-18-26)20-24-6-3-4-7-27(24)38-19-5-1-2-8-28(35)36/h3-4,6-7,9-16,26H,1-2,5,8,17-20H2,(H,35,36)/i20D. The Morgan fingerprint density at radius 3 is 2.16 bits per heavy atom. The van der Waals surface area contributed by atoms with Gasteiger partial charge in [0.1, 0.15) is 5.75 Å². The monoisotopic (exact) mass is 526 g/mol. The number of carbonyl (C=O) groups excluding carboxylic acids is 1. The van der Waals surface area contributed by atoms with Crippen molar-refractivity contribution in [1.29, 1.82) is 0 Å². The number of hydrogen-bond donors (Lipinski definition) is 1. The van der Waals surface area contributed by atoms with Crippen LogP contribution in [0, 0.1) is 0 Å². The minimum absolute atomic E-state index is 0.0568. The molecule has 3 aromatic rings. The van der Waals surface area contributed by atoms with Crippen molar-refractivity contribution in [3.8, 4) is 16.9 Å². The molecular formula is C30H30F3NO4. The maximum atomic E-state index is 13.5. The Hall–Kier alpha value is -3.81. The predicted octanol–water partition coefficient (Wildman–Crippen LogP) is 7.20. The number of amides is 1. The number of unbranched alkanes of at least 4 members (excludes halogenated alkanes) is 2. The van der Waals surface area contributed by atoms with Crippen molar-refractivity contribution >= 4 is 11.9 Å². The third-order valence-corrected chi connectivity index (χ3v) is 6.34. The zero-order chi connectivity index (χ0) is 28.0. The summed E-state index contributed by atoms with van der Waals surface area (Å²) in [6, 6.07) is 18.6. The van der Waals surface area contributed by atoms with Gasteiger partial charge in [-0.25, -0.2) is 0 Å². The van der Waals surface area contributed by atoms with Gasteiger partial charge in [-0.15, -0.1) is 0 Å². The van der Waals surface area contributed by atoms with Crippen LogP contribution in [0.1, 0.15) is 61.4 Å². The highest BCUT2D eigenvalue weighted by atomic mass is 19.4. The summed E-state index contributed by atoms with van der Waals surface area (Å²) in [6.07, 6.45) is -0.707. The molecular weight excluding hydrogens is 495 g/mol. The number of nitrogens with zero attached hydrogens (tertiary/aromatic N) is 1. The van der Waals surface area contributed by atoms with Gasteiger partial charge in [-0.2, -0.15) is 13.2 Å². The minimum Gasteiger partial charge on any atom is -0.493 e. The van der Waals surface area contributed by atoms with Gasteiger partial charge in [0.2, 0.25) is 0 Å². The predicted molar refractivity (Wildman–Crippen MR) is 138 cm³/mol. The molecule has 0 aliphatic heterocycles. The van der Waals surface area contributed by atoms with Gasteiger partial charge in [-0.3, -0.25) is 9.59 Å². The fourth-order valence-corrected chi connectivity index (χ4v) is 4.09. The number of aliphatic carboxylic acids is 1. The fourth-order valence-electron chi connectivity index (χ4n) is 4.09. The lowest BCUT2D eigenvalue weighted by atomic mass is 10.0. The lowest BCUT2D eigenvalue weighted by molar-refractivity contribution is -0.138. The molecule has 0 heterocycles. The zero-order valence-corrected chi connectivity index (χ0v) is 20.8. The highest BCUT2D eigenvalue weighted by Gasteiger charge is 2.34. The second-order valence-corrected chi connectivity index (χ2v) is 9.32. The number of rotatable bonds is 12. The summed E-state index contributed by atoms with van der Waals surface area (Å²) in [6.45, 7) is -0.602. The van der Waals surface area contributed by atoms with Crippen molar-refractivity contribution in [2.24, 2.45) is 0 Å². The van der Waals surface area contributed by atoms with E-state index in [0.717, 1.165) is 25.0 Å². The summed E-state index contributed by atoms with van der Waals surface area (Å²) >= 11 is 0. The largest absolute Gasteiger partial charge is 0.493 e. The van der Waals surface area contributed by atoms with Crippen LogP contribution in [0.2, 0.25) is 0 Å². The van der Waals surface area contributed by atoms with E-state index in [0.29, 0.717) is 53.9 Å². The molecule has 38 heavy (non-hydrogen) atoms. The third kappa shape index (κ3) is 7.37. The molecule has 0 radical (unpaired) electrons. The second-order valence-electron chi connectivity index (χ2n) is 9.32. The topological polar surface area (TPSA) is 66.8 Å². The molecule has 1 unspecified atom stereocenters. The van der Waals surface area contributed by atoms with Crippen LogP contribution in [0.15, 0.2) is 72.8 Å². The lowest BCUT2D eigenvalue weighted by Gasteiger charge is -2.24. The van der Waals surface area contributed by atoms with E-state index in [-0.39, 0.29) is 18.4 Å². The first-order valence-corrected chi connectivity index (χ1v) is 12.6. The van der Waals surface area contributed by atoms with Crippen LogP contribution in [-0.4, -0.2) is 34.5 Å². The van der Waals surface area contributed by atoms with Crippen LogP contribution in [0.5, 0.6) is 5.75 Å². The van der Waals surface area contributed by atoms with Crippen LogP contribution >= 0.6 is 0 Å². The van der Waals surface area contributed by atoms with Gasteiger partial charge in [-0.05, 0) is 73.6 Å². The molecule has 0 aromatic heterocycles. The number of ether oxygens (including phenoxy) is 1. The molecule has 1 amide bonds. The first-order chi connectivity index (χ1) is 18.6. The molecule has 0 bridgehead atoms. The molecule has 1 saturated carbocycles. The number of benzene rings is 3. The van der Waals surface area contributed by atoms with E-state index in [1.807, 2.05) is 0 Å². The van der Waals surface area contributed by atoms with Gasteiger partial charge in [0, 0.05) is 30.1 Å². The van der Waals surface area contributed by atoms with Gasteiger partial charge in [0.05, 0.1) is 13.5 Å². The van der Waals surface area contributed by atoms with Crippen LogP contribution < -0.4 is 4.74 Å². The molecule has 1 N–H and O–H groups in total. The first-order valence-electron chi connectivity index (χ1n) is 13.2. The zero-order valence-electron chi connectivity index (χ0n) is 21.8. The van der Waals surface area contributed by atoms with Crippen molar-refractivity contribution in [3.05, 3.63) is 89.5 Å². The molecule has 200 valence electrons. The quantitative estimate of drug-likeness (QED) is 0.254. The van der Waals surface area contributed by atoms with E-state index in [9.17, 15) is 22.8 Å². The van der Waals surface area contributed by atoms with Crippen LogP contribution in [-0.2, 0) is 17.5 Å². The van der Waals surface area contributed by atoms with Crippen molar-refractivity contribution in [1.82, 2.24) is 4.90 Å². The van der Waals surface area contributed by atoms with Crippen LogP contribution in [0.4, 0.5) is 13.2 Å².